The number of benzene rings is 1. The standard InChI is InChI=1S/C28H29F3N6O2.C2H6/c1-27(2)21(14-38)23(27)26(39)35(3)12-16-8-22-24(33-15-34-37(22)13-16)20-10-18(28(29,30)31)9-17-5-7-36(25(17)20)19-4-6-32-11-19;1-2/h5,7-10,13-15,19,21,23,32H,4,6,11-12H2,1-3H3;1-2H3. The fraction of sp³-hybridized carbons (Fsp3) is 0.467. The number of alkyl halides is 3. The minimum absolute atomic E-state index is 0.110. The number of carbonyl (C=O) groups excluding carboxylic acids is 2. The molecule has 1 saturated carbocycles. The number of hydrogen-bond donors (Lipinski definition) is 1. The predicted octanol–water partition coefficient (Wildman–Crippen LogP) is 5.36. The summed E-state index contributed by atoms with van der Waals surface area (Å²) in [5, 5.41) is 8.11. The van der Waals surface area contributed by atoms with E-state index in [2.05, 4.69) is 15.4 Å². The lowest BCUT2D eigenvalue weighted by Gasteiger charge is -2.17. The van der Waals surface area contributed by atoms with Gasteiger partial charge in [0, 0.05) is 55.4 Å². The molecule has 1 N–H and O–H groups in total. The molecule has 1 aromatic carbocycles. The van der Waals surface area contributed by atoms with Gasteiger partial charge < -0.3 is 19.6 Å². The van der Waals surface area contributed by atoms with Crippen molar-refractivity contribution in [2.24, 2.45) is 17.3 Å². The van der Waals surface area contributed by atoms with E-state index in [9.17, 15) is 22.8 Å². The number of carbonyl (C=O) groups is 2. The fourth-order valence-corrected chi connectivity index (χ4v) is 6.10. The molecular formula is C30H35F3N6O2. The quantitative estimate of drug-likeness (QED) is 0.317. The molecule has 6 rings (SSSR count). The summed E-state index contributed by atoms with van der Waals surface area (Å²) in [5.74, 6) is -0.766. The SMILES string of the molecule is CC.CN(Cc1cc2c(-c3cc(C(F)(F)F)cc4ccn(C5CCNC5)c34)ncnn2c1)C(=O)C1C(C=O)C1(C)C. The lowest BCUT2D eigenvalue weighted by molar-refractivity contribution is -0.137. The molecule has 0 spiro atoms. The molecule has 4 heterocycles. The molecule has 1 amide bonds. The maximum Gasteiger partial charge on any atom is 0.416 e. The van der Waals surface area contributed by atoms with Crippen molar-refractivity contribution in [2.75, 3.05) is 20.1 Å². The van der Waals surface area contributed by atoms with Crippen LogP contribution in [0.15, 0.2) is 43.0 Å². The molecule has 1 aliphatic carbocycles. The first-order chi connectivity index (χ1) is 19.5. The molecule has 218 valence electrons. The Morgan fingerprint density at radius 2 is 2.00 bits per heavy atom. The van der Waals surface area contributed by atoms with Crippen molar-refractivity contribution in [3.63, 3.8) is 0 Å². The van der Waals surface area contributed by atoms with Gasteiger partial charge in [-0.2, -0.15) is 18.3 Å². The molecule has 2 fully saturated rings. The fourth-order valence-electron chi connectivity index (χ4n) is 6.10. The molecule has 1 aliphatic heterocycles. The smallest absolute Gasteiger partial charge is 0.343 e. The van der Waals surface area contributed by atoms with Crippen molar-refractivity contribution < 1.29 is 22.8 Å². The number of aldehydes is 1. The van der Waals surface area contributed by atoms with E-state index in [0.29, 0.717) is 27.7 Å². The van der Waals surface area contributed by atoms with Crippen molar-refractivity contribution in [1.29, 1.82) is 0 Å². The second kappa shape index (κ2) is 10.6. The highest BCUT2D eigenvalue weighted by atomic mass is 19.4. The summed E-state index contributed by atoms with van der Waals surface area (Å²) in [6.07, 6.45) is 2.14. The van der Waals surface area contributed by atoms with Crippen LogP contribution < -0.4 is 5.32 Å². The Morgan fingerprint density at radius 3 is 2.63 bits per heavy atom. The molecule has 8 nitrogen and oxygen atoms in total. The number of hydrogen-bond acceptors (Lipinski definition) is 5. The third-order valence-corrected chi connectivity index (χ3v) is 8.40. The van der Waals surface area contributed by atoms with Crippen LogP contribution in [-0.4, -0.2) is 56.4 Å². The van der Waals surface area contributed by atoms with Gasteiger partial charge in [-0.3, -0.25) is 4.79 Å². The first-order valence-electron chi connectivity index (χ1n) is 14.0. The van der Waals surface area contributed by atoms with Gasteiger partial charge in [0.15, 0.2) is 0 Å². The number of nitrogens with one attached hydrogen (secondary N) is 1. The van der Waals surface area contributed by atoms with Crippen LogP contribution in [0.25, 0.3) is 27.7 Å². The lowest BCUT2D eigenvalue weighted by atomic mass is 10.0. The third kappa shape index (κ3) is 5.00. The third-order valence-electron chi connectivity index (χ3n) is 8.40. The molecule has 3 aromatic heterocycles. The molecule has 0 radical (unpaired) electrons. The zero-order chi connectivity index (χ0) is 29.7. The van der Waals surface area contributed by atoms with Crippen LogP contribution >= 0.6 is 0 Å². The van der Waals surface area contributed by atoms with Crippen molar-refractivity contribution >= 4 is 28.6 Å². The van der Waals surface area contributed by atoms with Gasteiger partial charge in [-0.1, -0.05) is 27.7 Å². The average molecular weight is 569 g/mol. The number of halogens is 3. The van der Waals surface area contributed by atoms with Crippen LogP contribution in [0, 0.1) is 17.3 Å². The summed E-state index contributed by atoms with van der Waals surface area (Å²) in [6, 6.07) is 6.01. The summed E-state index contributed by atoms with van der Waals surface area (Å²) in [6.45, 7) is 9.66. The maximum absolute atomic E-state index is 13.9. The highest BCUT2D eigenvalue weighted by Gasteiger charge is 2.62. The van der Waals surface area contributed by atoms with Gasteiger partial charge >= 0.3 is 6.18 Å². The van der Waals surface area contributed by atoms with Crippen molar-refractivity contribution in [2.45, 2.75) is 52.9 Å². The molecule has 2 aliphatic rings. The summed E-state index contributed by atoms with van der Waals surface area (Å²) in [4.78, 5) is 30.4. The summed E-state index contributed by atoms with van der Waals surface area (Å²) >= 11 is 0. The maximum atomic E-state index is 13.9. The molecule has 41 heavy (non-hydrogen) atoms. The Balaban J connectivity index is 0.00000165. The Hall–Kier alpha value is -3.73. The molecule has 3 atom stereocenters. The first-order valence-corrected chi connectivity index (χ1v) is 14.0. The number of amides is 1. The van der Waals surface area contributed by atoms with Crippen LogP contribution in [-0.2, 0) is 22.3 Å². The largest absolute Gasteiger partial charge is 0.416 e. The van der Waals surface area contributed by atoms with Gasteiger partial charge in [-0.25, -0.2) is 9.50 Å². The Bertz CT molecular complexity index is 1600. The van der Waals surface area contributed by atoms with E-state index in [-0.39, 0.29) is 35.7 Å². The van der Waals surface area contributed by atoms with Crippen LogP contribution in [0.3, 0.4) is 0 Å². The van der Waals surface area contributed by atoms with E-state index in [1.165, 1.54) is 18.5 Å². The van der Waals surface area contributed by atoms with E-state index in [1.807, 2.05) is 44.5 Å². The summed E-state index contributed by atoms with van der Waals surface area (Å²) in [5.41, 5.74) is 1.66. The van der Waals surface area contributed by atoms with Crippen LogP contribution in [0.1, 0.15) is 51.3 Å². The Kier molecular flexibility index (Phi) is 7.44. The molecular weight excluding hydrogens is 533 g/mol. The van der Waals surface area contributed by atoms with Crippen LogP contribution in [0.2, 0.25) is 0 Å². The zero-order valence-corrected chi connectivity index (χ0v) is 23.9. The zero-order valence-electron chi connectivity index (χ0n) is 23.9. The Morgan fingerprint density at radius 1 is 1.24 bits per heavy atom. The summed E-state index contributed by atoms with van der Waals surface area (Å²) < 4.78 is 45.4. The highest BCUT2D eigenvalue weighted by Crippen LogP contribution is 2.57. The first kappa shape index (κ1) is 28.8. The molecule has 4 aromatic rings. The number of nitrogens with zero attached hydrogens (tertiary/aromatic N) is 5. The lowest BCUT2D eigenvalue weighted by Crippen LogP contribution is -2.29. The monoisotopic (exact) mass is 568 g/mol. The van der Waals surface area contributed by atoms with Crippen LogP contribution in [0.4, 0.5) is 13.2 Å². The van der Waals surface area contributed by atoms with Gasteiger partial charge in [0.05, 0.1) is 28.2 Å². The topological polar surface area (TPSA) is 84.5 Å². The number of fused-ring (bicyclic) bond motifs is 2. The van der Waals surface area contributed by atoms with Gasteiger partial charge in [-0.05, 0) is 48.2 Å². The van der Waals surface area contributed by atoms with Gasteiger partial charge in [0.2, 0.25) is 5.91 Å². The van der Waals surface area contributed by atoms with Crippen molar-refractivity contribution in [3.05, 3.63) is 54.1 Å². The van der Waals surface area contributed by atoms with E-state index in [0.717, 1.165) is 31.4 Å². The second-order valence-corrected chi connectivity index (χ2v) is 11.3. The van der Waals surface area contributed by atoms with E-state index in [1.54, 1.807) is 28.7 Å². The normalized spacial score (nSPS) is 21.5. The van der Waals surface area contributed by atoms with Crippen molar-refractivity contribution in [1.82, 2.24) is 29.4 Å². The van der Waals surface area contributed by atoms with E-state index < -0.39 is 11.7 Å². The predicted molar refractivity (Wildman–Crippen MR) is 150 cm³/mol. The number of rotatable bonds is 6. The second-order valence-electron chi connectivity index (χ2n) is 11.3. The van der Waals surface area contributed by atoms with E-state index >= 15 is 0 Å². The molecule has 0 bridgehead atoms. The minimum atomic E-state index is -4.52. The molecule has 1 saturated heterocycles. The van der Waals surface area contributed by atoms with Crippen LogP contribution in [0.5, 0.6) is 0 Å². The Labute approximate surface area is 236 Å². The average Bonchev–Trinajstić information content (AvgIpc) is 3.49. The minimum Gasteiger partial charge on any atom is -0.343 e. The summed E-state index contributed by atoms with van der Waals surface area (Å²) in [7, 11) is 1.69. The molecule has 11 heteroatoms. The number of aromatic nitrogens is 4. The van der Waals surface area contributed by atoms with Gasteiger partial charge in [-0.15, -0.1) is 0 Å². The highest BCUT2D eigenvalue weighted by molar-refractivity contribution is 5.98. The van der Waals surface area contributed by atoms with Gasteiger partial charge in [0.1, 0.15) is 12.6 Å². The van der Waals surface area contributed by atoms with E-state index in [4.69, 9.17) is 0 Å². The molecule has 3 unspecified atom stereocenters. The van der Waals surface area contributed by atoms with Gasteiger partial charge in [0.25, 0.3) is 0 Å². The van der Waals surface area contributed by atoms with Crippen molar-refractivity contribution in [3.8, 4) is 11.3 Å².